The van der Waals surface area contributed by atoms with Gasteiger partial charge in [0, 0.05) is 37.3 Å². The van der Waals surface area contributed by atoms with Crippen molar-refractivity contribution in [2.24, 2.45) is 11.8 Å². The van der Waals surface area contributed by atoms with Gasteiger partial charge in [-0.1, -0.05) is 30.3 Å². The monoisotopic (exact) mass is 299 g/mol. The van der Waals surface area contributed by atoms with Crippen LogP contribution in [0.2, 0.25) is 0 Å². The Morgan fingerprint density at radius 1 is 1.19 bits per heavy atom. The quantitative estimate of drug-likeness (QED) is 0.869. The predicted octanol–water partition coefficient (Wildman–Crippen LogP) is 2.88. The lowest BCUT2D eigenvalue weighted by molar-refractivity contribution is 0.224. The van der Waals surface area contributed by atoms with E-state index in [-0.39, 0.29) is 0 Å². The molecule has 3 atom stereocenters. The topological polar surface area (TPSA) is 19.4 Å². The summed E-state index contributed by atoms with van der Waals surface area (Å²) in [5.41, 5.74) is 1.48. The summed E-state index contributed by atoms with van der Waals surface area (Å²) in [5, 5.41) is 3.33. The Morgan fingerprint density at radius 2 is 2.05 bits per heavy atom. The summed E-state index contributed by atoms with van der Waals surface area (Å²) in [6.07, 6.45) is 1.91. The van der Waals surface area contributed by atoms with Crippen molar-refractivity contribution in [3.63, 3.8) is 0 Å². The van der Waals surface area contributed by atoms with Crippen molar-refractivity contribution in [2.45, 2.75) is 12.6 Å². The minimum absolute atomic E-state index is 0.581. The Balaban J connectivity index is 1.51. The Hall–Kier alpha value is -1.23. The summed E-state index contributed by atoms with van der Waals surface area (Å²) >= 11 is 1.77. The Kier molecular flexibility index (Phi) is 3.53. The molecule has 0 amide bonds. The highest BCUT2D eigenvalue weighted by molar-refractivity contribution is 7.09. The summed E-state index contributed by atoms with van der Waals surface area (Å²) in [4.78, 5) is 9.57. The number of hydrogen-bond acceptors (Lipinski definition) is 4. The molecule has 2 fully saturated rings. The summed E-state index contributed by atoms with van der Waals surface area (Å²) in [6.45, 7) is 4.67. The highest BCUT2D eigenvalue weighted by Crippen LogP contribution is 2.44. The van der Waals surface area contributed by atoms with E-state index >= 15 is 0 Å². The first-order valence-corrected chi connectivity index (χ1v) is 8.55. The predicted molar refractivity (Wildman–Crippen MR) is 86.2 cm³/mol. The van der Waals surface area contributed by atoms with Crippen LogP contribution in [0.15, 0.2) is 41.9 Å². The van der Waals surface area contributed by atoms with Gasteiger partial charge in [0.1, 0.15) is 5.01 Å². The molecular formula is C17H21N3S. The molecule has 0 bridgehead atoms. The van der Waals surface area contributed by atoms with Gasteiger partial charge in [-0.15, -0.1) is 11.3 Å². The summed E-state index contributed by atoms with van der Waals surface area (Å²) in [5.74, 6) is 1.57. The molecule has 2 aromatic rings. The Bertz CT molecular complexity index is 583. The van der Waals surface area contributed by atoms with Gasteiger partial charge in [-0.05, 0) is 24.4 Å². The van der Waals surface area contributed by atoms with Crippen molar-refractivity contribution in [3.8, 4) is 0 Å². The third-order valence-corrected chi connectivity index (χ3v) is 5.72. The molecule has 2 aliphatic heterocycles. The first kappa shape index (κ1) is 13.4. The molecule has 0 unspecified atom stereocenters. The van der Waals surface area contributed by atoms with Gasteiger partial charge >= 0.3 is 0 Å². The number of nitrogens with zero attached hydrogens (tertiary/aromatic N) is 3. The van der Waals surface area contributed by atoms with E-state index in [0.717, 1.165) is 18.4 Å². The average molecular weight is 299 g/mol. The van der Waals surface area contributed by atoms with Crippen LogP contribution in [0.25, 0.3) is 0 Å². The molecule has 1 aromatic heterocycles. The molecule has 1 aromatic carbocycles. The van der Waals surface area contributed by atoms with Crippen LogP contribution in [-0.2, 0) is 6.54 Å². The lowest BCUT2D eigenvalue weighted by atomic mass is 9.90. The third-order valence-electron chi connectivity index (χ3n) is 4.95. The molecule has 2 saturated heterocycles. The first-order valence-electron chi connectivity index (χ1n) is 7.67. The first-order chi connectivity index (χ1) is 10.3. The van der Waals surface area contributed by atoms with Crippen LogP contribution < -0.4 is 0 Å². The molecule has 21 heavy (non-hydrogen) atoms. The summed E-state index contributed by atoms with van der Waals surface area (Å²) in [7, 11) is 2.28. The molecule has 3 heterocycles. The minimum Gasteiger partial charge on any atom is -0.299 e. The van der Waals surface area contributed by atoms with Crippen LogP contribution in [0.3, 0.4) is 0 Å². The number of benzene rings is 1. The van der Waals surface area contributed by atoms with Crippen molar-refractivity contribution >= 4 is 11.3 Å². The lowest BCUT2D eigenvalue weighted by Gasteiger charge is -2.26. The van der Waals surface area contributed by atoms with E-state index in [9.17, 15) is 0 Å². The maximum absolute atomic E-state index is 4.43. The average Bonchev–Trinajstić information content (AvgIpc) is 3.17. The second-order valence-corrected chi connectivity index (χ2v) is 7.32. The van der Waals surface area contributed by atoms with Gasteiger partial charge in [0.05, 0.1) is 6.54 Å². The summed E-state index contributed by atoms with van der Waals surface area (Å²) in [6, 6.07) is 11.6. The number of thiazole rings is 1. The second-order valence-electron chi connectivity index (χ2n) is 6.34. The van der Waals surface area contributed by atoms with Crippen LogP contribution in [0, 0.1) is 11.8 Å². The number of hydrogen-bond donors (Lipinski definition) is 0. The highest BCUT2D eigenvalue weighted by Gasteiger charge is 2.45. The smallest absolute Gasteiger partial charge is 0.107 e. The fourth-order valence-corrected chi connectivity index (χ4v) is 4.81. The van der Waals surface area contributed by atoms with E-state index in [4.69, 9.17) is 0 Å². The van der Waals surface area contributed by atoms with E-state index in [0.29, 0.717) is 6.04 Å². The maximum atomic E-state index is 4.43. The van der Waals surface area contributed by atoms with Crippen molar-refractivity contribution < 1.29 is 0 Å². The van der Waals surface area contributed by atoms with E-state index in [2.05, 4.69) is 57.5 Å². The zero-order chi connectivity index (χ0) is 14.2. The van der Waals surface area contributed by atoms with Gasteiger partial charge in [-0.2, -0.15) is 0 Å². The second kappa shape index (κ2) is 5.52. The highest BCUT2D eigenvalue weighted by atomic mass is 32.1. The molecule has 0 saturated carbocycles. The van der Waals surface area contributed by atoms with Crippen molar-refractivity contribution in [3.05, 3.63) is 52.5 Å². The Morgan fingerprint density at radius 3 is 2.81 bits per heavy atom. The van der Waals surface area contributed by atoms with Crippen LogP contribution in [0.4, 0.5) is 0 Å². The fraction of sp³-hybridized carbons (Fsp3) is 0.471. The van der Waals surface area contributed by atoms with Crippen LogP contribution in [-0.4, -0.2) is 41.5 Å². The van der Waals surface area contributed by atoms with Gasteiger partial charge < -0.3 is 0 Å². The molecule has 0 radical (unpaired) electrons. The van der Waals surface area contributed by atoms with E-state index in [1.54, 1.807) is 11.3 Å². The van der Waals surface area contributed by atoms with Gasteiger partial charge in [-0.3, -0.25) is 9.80 Å². The SMILES string of the molecule is CN1C[C@H]2CN(Cc3nccs3)C[C@H]2[C@@H]1c1ccccc1. The standard InChI is InChI=1S/C17H21N3S/c1-19-9-14-10-20(12-16-18-7-8-21-16)11-15(14)17(19)13-5-3-2-4-6-13/h2-8,14-15,17H,9-12H2,1H3/t14-,15+,17-/m0/s1. The molecule has 3 nitrogen and oxygen atoms in total. The minimum atomic E-state index is 0.581. The zero-order valence-electron chi connectivity index (χ0n) is 12.4. The van der Waals surface area contributed by atoms with Crippen LogP contribution in [0.5, 0.6) is 0 Å². The normalized spacial score (nSPS) is 29.9. The molecule has 0 aliphatic carbocycles. The van der Waals surface area contributed by atoms with Gasteiger partial charge in [0.2, 0.25) is 0 Å². The van der Waals surface area contributed by atoms with Crippen LogP contribution in [0.1, 0.15) is 16.6 Å². The molecule has 0 spiro atoms. The summed E-state index contributed by atoms with van der Waals surface area (Å²) < 4.78 is 0. The van der Waals surface area contributed by atoms with Crippen molar-refractivity contribution in [1.82, 2.24) is 14.8 Å². The molecular weight excluding hydrogens is 278 g/mol. The largest absolute Gasteiger partial charge is 0.299 e. The number of rotatable bonds is 3. The van der Waals surface area contributed by atoms with Crippen molar-refractivity contribution in [1.29, 1.82) is 0 Å². The van der Waals surface area contributed by atoms with Crippen LogP contribution >= 0.6 is 11.3 Å². The third kappa shape index (κ3) is 2.52. The van der Waals surface area contributed by atoms with Gasteiger partial charge in [0.15, 0.2) is 0 Å². The molecule has 0 N–H and O–H groups in total. The van der Waals surface area contributed by atoms with E-state index in [1.807, 2.05) is 6.20 Å². The lowest BCUT2D eigenvalue weighted by Crippen LogP contribution is -2.28. The maximum Gasteiger partial charge on any atom is 0.107 e. The molecule has 110 valence electrons. The molecule has 4 rings (SSSR count). The van der Waals surface area contributed by atoms with E-state index < -0.39 is 0 Å². The fourth-order valence-electron chi connectivity index (χ4n) is 4.15. The zero-order valence-corrected chi connectivity index (χ0v) is 13.2. The Labute approximate surface area is 130 Å². The van der Waals surface area contributed by atoms with Gasteiger partial charge in [0.25, 0.3) is 0 Å². The molecule has 4 heteroatoms. The van der Waals surface area contributed by atoms with E-state index in [1.165, 1.54) is 30.2 Å². The number of likely N-dealkylation sites (tertiary alicyclic amines) is 2. The molecule has 2 aliphatic rings. The number of fused-ring (bicyclic) bond motifs is 1. The van der Waals surface area contributed by atoms with Crippen molar-refractivity contribution in [2.75, 3.05) is 26.7 Å². The van der Waals surface area contributed by atoms with Gasteiger partial charge in [-0.25, -0.2) is 4.98 Å². The number of aromatic nitrogens is 1.